The fourth-order valence-corrected chi connectivity index (χ4v) is 2.31. The van der Waals surface area contributed by atoms with Gasteiger partial charge in [0.05, 0.1) is 18.8 Å². The van der Waals surface area contributed by atoms with Gasteiger partial charge in [0, 0.05) is 0 Å². The number of aryl methyl sites for hydroxylation is 1. The van der Waals surface area contributed by atoms with Gasteiger partial charge in [0.25, 0.3) is 0 Å². The first kappa shape index (κ1) is 14.0. The highest BCUT2D eigenvalue weighted by Crippen LogP contribution is 2.42. The maximum Gasteiger partial charge on any atom is 0.231 e. The van der Waals surface area contributed by atoms with Crippen LogP contribution in [0.3, 0.4) is 0 Å². The molecule has 1 aliphatic heterocycles. The molecule has 0 N–H and O–H groups in total. The van der Waals surface area contributed by atoms with Crippen LogP contribution in [0.15, 0.2) is 36.4 Å². The highest BCUT2D eigenvalue weighted by molar-refractivity contribution is 5.90. The summed E-state index contributed by atoms with van der Waals surface area (Å²) < 4.78 is 16.1. The summed E-state index contributed by atoms with van der Waals surface area (Å²) in [6, 6.07) is 13.8. The van der Waals surface area contributed by atoms with Crippen LogP contribution in [0, 0.1) is 18.3 Å². The molecule has 0 saturated carbocycles. The lowest BCUT2D eigenvalue weighted by atomic mass is 10.0. The number of hydrogen-bond donors (Lipinski definition) is 0. The van der Waals surface area contributed by atoms with E-state index in [4.69, 9.17) is 14.2 Å². The molecule has 3 rings (SSSR count). The predicted octanol–water partition coefficient (Wildman–Crippen LogP) is 3.80. The first-order chi connectivity index (χ1) is 10.7. The number of benzene rings is 2. The smallest absolute Gasteiger partial charge is 0.231 e. The van der Waals surface area contributed by atoms with Crippen molar-refractivity contribution in [3.8, 4) is 23.3 Å². The summed E-state index contributed by atoms with van der Waals surface area (Å²) in [5.41, 5.74) is 3.45. The molecule has 4 nitrogen and oxygen atoms in total. The van der Waals surface area contributed by atoms with Crippen LogP contribution in [-0.2, 0) is 0 Å². The van der Waals surface area contributed by atoms with E-state index in [1.807, 2.05) is 49.4 Å². The van der Waals surface area contributed by atoms with Gasteiger partial charge >= 0.3 is 0 Å². The lowest BCUT2D eigenvalue weighted by molar-refractivity contribution is 0.171. The minimum atomic E-state index is 0.182. The number of ether oxygens (including phenoxy) is 3. The van der Waals surface area contributed by atoms with Crippen LogP contribution in [-0.4, -0.2) is 13.9 Å². The topological polar surface area (TPSA) is 51.5 Å². The molecule has 22 heavy (non-hydrogen) atoms. The summed E-state index contributed by atoms with van der Waals surface area (Å²) in [6.45, 7) is 2.20. The number of rotatable bonds is 3. The molecule has 1 heterocycles. The van der Waals surface area contributed by atoms with Crippen molar-refractivity contribution < 1.29 is 14.2 Å². The lowest BCUT2D eigenvalue weighted by Gasteiger charge is -2.06. The average Bonchev–Trinajstić information content (AvgIpc) is 3.01. The number of nitriles is 1. The second-order valence-electron chi connectivity index (χ2n) is 4.99. The van der Waals surface area contributed by atoms with Crippen LogP contribution in [0.1, 0.15) is 16.7 Å². The molecule has 110 valence electrons. The Morgan fingerprint density at radius 2 is 2.00 bits per heavy atom. The maximum atomic E-state index is 9.42. The summed E-state index contributed by atoms with van der Waals surface area (Å²) in [4.78, 5) is 0. The largest absolute Gasteiger partial charge is 0.493 e. The Morgan fingerprint density at radius 3 is 2.68 bits per heavy atom. The Morgan fingerprint density at radius 1 is 1.23 bits per heavy atom. The number of allylic oxidation sites excluding steroid dienone is 1. The Balaban J connectivity index is 2.03. The zero-order valence-corrected chi connectivity index (χ0v) is 12.4. The SMILES string of the molecule is COc1cc(/C=C(/C#N)c2ccc(C)cc2)cc2c1OCO2. The fourth-order valence-electron chi connectivity index (χ4n) is 2.31. The second kappa shape index (κ2) is 5.82. The van der Waals surface area contributed by atoms with Crippen molar-refractivity contribution in [1.82, 2.24) is 0 Å². The number of methoxy groups -OCH3 is 1. The van der Waals surface area contributed by atoms with Crippen LogP contribution in [0.5, 0.6) is 17.2 Å². The van der Waals surface area contributed by atoms with Gasteiger partial charge in [-0.05, 0) is 36.3 Å². The van der Waals surface area contributed by atoms with Crippen molar-refractivity contribution in [2.45, 2.75) is 6.92 Å². The zero-order valence-electron chi connectivity index (χ0n) is 12.4. The Kier molecular flexibility index (Phi) is 3.71. The quantitative estimate of drug-likeness (QED) is 0.638. The lowest BCUT2D eigenvalue weighted by Crippen LogP contribution is -1.93. The van der Waals surface area contributed by atoms with Gasteiger partial charge in [0.1, 0.15) is 0 Å². The molecule has 0 bridgehead atoms. The molecular weight excluding hydrogens is 278 g/mol. The van der Waals surface area contributed by atoms with E-state index in [1.165, 1.54) is 0 Å². The van der Waals surface area contributed by atoms with Crippen LogP contribution in [0.2, 0.25) is 0 Å². The van der Waals surface area contributed by atoms with E-state index in [-0.39, 0.29) is 6.79 Å². The van der Waals surface area contributed by atoms with Crippen molar-refractivity contribution in [3.63, 3.8) is 0 Å². The first-order valence-corrected chi connectivity index (χ1v) is 6.87. The van der Waals surface area contributed by atoms with E-state index in [1.54, 1.807) is 7.11 Å². The molecular formula is C18H15NO3. The van der Waals surface area contributed by atoms with E-state index >= 15 is 0 Å². The Hall–Kier alpha value is -2.93. The van der Waals surface area contributed by atoms with Gasteiger partial charge in [-0.1, -0.05) is 29.8 Å². The minimum absolute atomic E-state index is 0.182. The summed E-state index contributed by atoms with van der Waals surface area (Å²) in [5, 5.41) is 9.42. The van der Waals surface area contributed by atoms with Gasteiger partial charge in [0.2, 0.25) is 12.5 Å². The minimum Gasteiger partial charge on any atom is -0.493 e. The molecule has 4 heteroatoms. The third-order valence-electron chi connectivity index (χ3n) is 3.47. The standard InChI is InChI=1S/C18H15NO3/c1-12-3-5-14(6-4-12)15(10-19)7-13-8-16(20-2)18-17(9-13)21-11-22-18/h3-9H,11H2,1-2H3/b15-7-. The summed E-state index contributed by atoms with van der Waals surface area (Å²) >= 11 is 0. The van der Waals surface area contributed by atoms with E-state index < -0.39 is 0 Å². The molecule has 0 aromatic heterocycles. The molecule has 0 atom stereocenters. The van der Waals surface area contributed by atoms with Crippen molar-refractivity contribution in [3.05, 3.63) is 53.1 Å². The van der Waals surface area contributed by atoms with Crippen molar-refractivity contribution >= 4 is 11.6 Å². The van der Waals surface area contributed by atoms with Gasteiger partial charge in [-0.3, -0.25) is 0 Å². The molecule has 0 aliphatic carbocycles. The third kappa shape index (κ3) is 2.61. The highest BCUT2D eigenvalue weighted by Gasteiger charge is 2.19. The molecule has 0 saturated heterocycles. The van der Waals surface area contributed by atoms with E-state index in [0.717, 1.165) is 16.7 Å². The fraction of sp³-hybridized carbons (Fsp3) is 0.167. The molecule has 2 aromatic rings. The summed E-state index contributed by atoms with van der Waals surface area (Å²) in [7, 11) is 1.58. The molecule has 0 fully saturated rings. The normalized spacial score (nSPS) is 12.9. The summed E-state index contributed by atoms with van der Waals surface area (Å²) in [6.07, 6.45) is 1.81. The van der Waals surface area contributed by atoms with Crippen LogP contribution in [0.25, 0.3) is 11.6 Å². The van der Waals surface area contributed by atoms with Crippen molar-refractivity contribution in [2.24, 2.45) is 0 Å². The highest BCUT2D eigenvalue weighted by atomic mass is 16.7. The predicted molar refractivity (Wildman–Crippen MR) is 83.8 cm³/mol. The van der Waals surface area contributed by atoms with Crippen LogP contribution >= 0.6 is 0 Å². The van der Waals surface area contributed by atoms with Crippen molar-refractivity contribution in [2.75, 3.05) is 13.9 Å². The molecule has 0 spiro atoms. The van der Waals surface area contributed by atoms with Crippen LogP contribution < -0.4 is 14.2 Å². The summed E-state index contributed by atoms with van der Waals surface area (Å²) in [5.74, 6) is 1.84. The molecule has 2 aromatic carbocycles. The van der Waals surface area contributed by atoms with Gasteiger partial charge in [-0.25, -0.2) is 0 Å². The van der Waals surface area contributed by atoms with Crippen molar-refractivity contribution in [1.29, 1.82) is 5.26 Å². The average molecular weight is 293 g/mol. The third-order valence-corrected chi connectivity index (χ3v) is 3.47. The van der Waals surface area contributed by atoms with Gasteiger partial charge in [-0.2, -0.15) is 5.26 Å². The molecule has 0 radical (unpaired) electrons. The van der Waals surface area contributed by atoms with Gasteiger partial charge < -0.3 is 14.2 Å². The number of fused-ring (bicyclic) bond motifs is 1. The van der Waals surface area contributed by atoms with E-state index in [9.17, 15) is 5.26 Å². The zero-order chi connectivity index (χ0) is 15.5. The Bertz CT molecular complexity index is 770. The van der Waals surface area contributed by atoms with Crippen LogP contribution in [0.4, 0.5) is 0 Å². The second-order valence-corrected chi connectivity index (χ2v) is 4.99. The van der Waals surface area contributed by atoms with E-state index in [2.05, 4.69) is 6.07 Å². The maximum absolute atomic E-state index is 9.42. The van der Waals surface area contributed by atoms with E-state index in [0.29, 0.717) is 22.8 Å². The molecule has 0 amide bonds. The first-order valence-electron chi connectivity index (χ1n) is 6.87. The Labute approximate surface area is 129 Å². The number of nitrogens with zero attached hydrogens (tertiary/aromatic N) is 1. The van der Waals surface area contributed by atoms with Gasteiger partial charge in [0.15, 0.2) is 11.5 Å². The van der Waals surface area contributed by atoms with Gasteiger partial charge in [-0.15, -0.1) is 0 Å². The molecule has 0 unspecified atom stereocenters. The number of hydrogen-bond acceptors (Lipinski definition) is 4. The molecule has 1 aliphatic rings. The monoisotopic (exact) mass is 293 g/mol.